The fourth-order valence-electron chi connectivity index (χ4n) is 1.70. The molecule has 0 bridgehead atoms. The molecule has 1 nitrogen and oxygen atoms in total. The number of halogens is 2. The Morgan fingerprint density at radius 3 is 1.88 bits per heavy atom. The summed E-state index contributed by atoms with van der Waals surface area (Å²) >= 11 is 0. The second-order valence-corrected chi connectivity index (χ2v) is 3.90. The highest BCUT2D eigenvalue weighted by Crippen LogP contribution is 2.17. The molecule has 0 aliphatic rings. The first kappa shape index (κ1) is 11.7. The Bertz CT molecular complexity index is 486. The van der Waals surface area contributed by atoms with Crippen molar-refractivity contribution < 1.29 is 8.78 Å². The summed E-state index contributed by atoms with van der Waals surface area (Å²) in [6.07, 6.45) is 0.253. The van der Waals surface area contributed by atoms with Gasteiger partial charge >= 0.3 is 0 Å². The fraction of sp³-hybridized carbons (Fsp3) is 0.143. The molecule has 2 aromatic carbocycles. The molecule has 17 heavy (non-hydrogen) atoms. The van der Waals surface area contributed by atoms with Crippen LogP contribution < -0.4 is 5.73 Å². The first-order chi connectivity index (χ1) is 8.20. The summed E-state index contributed by atoms with van der Waals surface area (Å²) in [7, 11) is 0. The van der Waals surface area contributed by atoms with Crippen LogP contribution in [0.5, 0.6) is 0 Å². The Balaban J connectivity index is 2.25. The minimum absolute atomic E-state index is 0.105. The maximum Gasteiger partial charge on any atom is 0.129 e. The Labute approximate surface area is 98.9 Å². The van der Waals surface area contributed by atoms with Gasteiger partial charge in [-0.2, -0.15) is 0 Å². The summed E-state index contributed by atoms with van der Waals surface area (Å²) in [5.41, 5.74) is 7.45. The SMILES string of the molecule is NCc1ccc(Cc2c(F)cccc2F)cc1. The smallest absolute Gasteiger partial charge is 0.129 e. The highest BCUT2D eigenvalue weighted by molar-refractivity contribution is 5.30. The molecule has 2 rings (SSSR count). The minimum atomic E-state index is -0.507. The first-order valence-corrected chi connectivity index (χ1v) is 5.41. The van der Waals surface area contributed by atoms with Gasteiger partial charge in [-0.3, -0.25) is 0 Å². The van der Waals surface area contributed by atoms with Crippen LogP contribution in [0.2, 0.25) is 0 Å². The average molecular weight is 233 g/mol. The van der Waals surface area contributed by atoms with Gasteiger partial charge in [0.25, 0.3) is 0 Å². The van der Waals surface area contributed by atoms with Gasteiger partial charge in [-0.05, 0) is 23.3 Å². The third-order valence-corrected chi connectivity index (χ3v) is 2.70. The van der Waals surface area contributed by atoms with E-state index >= 15 is 0 Å². The van der Waals surface area contributed by atoms with Gasteiger partial charge in [0.2, 0.25) is 0 Å². The van der Waals surface area contributed by atoms with E-state index in [0.29, 0.717) is 6.54 Å². The molecule has 0 amide bonds. The van der Waals surface area contributed by atoms with Crippen LogP contribution in [0.1, 0.15) is 16.7 Å². The molecule has 2 N–H and O–H groups in total. The maximum absolute atomic E-state index is 13.4. The third-order valence-electron chi connectivity index (χ3n) is 2.70. The molecule has 88 valence electrons. The molecule has 0 aliphatic carbocycles. The lowest BCUT2D eigenvalue weighted by Crippen LogP contribution is -1.99. The molecular weight excluding hydrogens is 220 g/mol. The molecule has 0 aromatic heterocycles. The van der Waals surface area contributed by atoms with E-state index in [9.17, 15) is 8.78 Å². The zero-order chi connectivity index (χ0) is 12.3. The molecule has 0 saturated heterocycles. The fourth-order valence-corrected chi connectivity index (χ4v) is 1.70. The van der Waals surface area contributed by atoms with Gasteiger partial charge in [0.15, 0.2) is 0 Å². The predicted molar refractivity (Wildman–Crippen MR) is 63.5 cm³/mol. The number of rotatable bonds is 3. The third kappa shape index (κ3) is 2.68. The van der Waals surface area contributed by atoms with E-state index in [4.69, 9.17) is 5.73 Å². The number of benzene rings is 2. The van der Waals surface area contributed by atoms with Crippen LogP contribution >= 0.6 is 0 Å². The van der Waals surface area contributed by atoms with Crippen LogP contribution in [0, 0.1) is 11.6 Å². The molecule has 0 unspecified atom stereocenters. The van der Waals surface area contributed by atoms with Crippen LogP contribution in [0.3, 0.4) is 0 Å². The van der Waals surface area contributed by atoms with Crippen molar-refractivity contribution in [3.63, 3.8) is 0 Å². The topological polar surface area (TPSA) is 26.0 Å². The van der Waals surface area contributed by atoms with Gasteiger partial charge in [0.05, 0.1) is 0 Å². The van der Waals surface area contributed by atoms with Crippen molar-refractivity contribution in [3.05, 3.63) is 70.8 Å². The van der Waals surface area contributed by atoms with E-state index in [2.05, 4.69) is 0 Å². The summed E-state index contributed by atoms with van der Waals surface area (Å²) in [6.45, 7) is 0.467. The highest BCUT2D eigenvalue weighted by atomic mass is 19.1. The normalized spacial score (nSPS) is 10.5. The summed E-state index contributed by atoms with van der Waals surface area (Å²) in [4.78, 5) is 0. The number of nitrogens with two attached hydrogens (primary N) is 1. The van der Waals surface area contributed by atoms with Crippen molar-refractivity contribution in [3.8, 4) is 0 Å². The van der Waals surface area contributed by atoms with E-state index in [1.54, 1.807) is 0 Å². The van der Waals surface area contributed by atoms with Crippen molar-refractivity contribution in [1.29, 1.82) is 0 Å². The van der Waals surface area contributed by atoms with Gasteiger partial charge in [-0.15, -0.1) is 0 Å². The van der Waals surface area contributed by atoms with E-state index in [-0.39, 0.29) is 12.0 Å². The summed E-state index contributed by atoms with van der Waals surface area (Å²) in [5, 5.41) is 0. The Morgan fingerprint density at radius 2 is 1.35 bits per heavy atom. The molecule has 0 aliphatic heterocycles. The zero-order valence-corrected chi connectivity index (χ0v) is 9.29. The van der Waals surface area contributed by atoms with Crippen LogP contribution in [0.25, 0.3) is 0 Å². The Kier molecular flexibility index (Phi) is 3.49. The summed E-state index contributed by atoms with van der Waals surface area (Å²) in [5.74, 6) is -1.01. The van der Waals surface area contributed by atoms with Gasteiger partial charge in [0, 0.05) is 18.5 Å². The van der Waals surface area contributed by atoms with Gasteiger partial charge in [-0.1, -0.05) is 30.3 Å². The van der Waals surface area contributed by atoms with Crippen LogP contribution in [0.15, 0.2) is 42.5 Å². The van der Waals surface area contributed by atoms with Gasteiger partial charge in [0.1, 0.15) is 11.6 Å². The van der Waals surface area contributed by atoms with Gasteiger partial charge in [-0.25, -0.2) is 8.78 Å². The van der Waals surface area contributed by atoms with E-state index in [1.165, 1.54) is 18.2 Å². The molecule has 0 spiro atoms. The molecule has 0 saturated carbocycles. The molecule has 0 atom stereocenters. The van der Waals surface area contributed by atoms with Crippen molar-refractivity contribution in [2.24, 2.45) is 5.73 Å². The molecular formula is C14H13F2N. The molecule has 3 heteroatoms. The van der Waals surface area contributed by atoms with Crippen molar-refractivity contribution in [2.75, 3.05) is 0 Å². The van der Waals surface area contributed by atoms with Crippen molar-refractivity contribution in [1.82, 2.24) is 0 Å². The second kappa shape index (κ2) is 5.06. The van der Waals surface area contributed by atoms with Crippen LogP contribution in [-0.2, 0) is 13.0 Å². The first-order valence-electron chi connectivity index (χ1n) is 5.41. The lowest BCUT2D eigenvalue weighted by molar-refractivity contribution is 0.561. The average Bonchev–Trinajstić information content (AvgIpc) is 2.35. The maximum atomic E-state index is 13.4. The summed E-state index contributed by atoms with van der Waals surface area (Å²) in [6, 6.07) is 11.3. The monoisotopic (exact) mass is 233 g/mol. The quantitative estimate of drug-likeness (QED) is 0.866. The molecule has 2 aromatic rings. The lowest BCUT2D eigenvalue weighted by Gasteiger charge is -2.05. The summed E-state index contributed by atoms with van der Waals surface area (Å²) < 4.78 is 26.8. The molecule has 0 heterocycles. The second-order valence-electron chi connectivity index (χ2n) is 3.90. The lowest BCUT2D eigenvalue weighted by atomic mass is 10.0. The number of hydrogen-bond donors (Lipinski definition) is 1. The van der Waals surface area contributed by atoms with Crippen molar-refractivity contribution >= 4 is 0 Å². The van der Waals surface area contributed by atoms with E-state index in [0.717, 1.165) is 11.1 Å². The highest BCUT2D eigenvalue weighted by Gasteiger charge is 2.08. The van der Waals surface area contributed by atoms with E-state index < -0.39 is 11.6 Å². The standard InChI is InChI=1S/C14H13F2N/c15-13-2-1-3-14(16)12(13)8-10-4-6-11(9-17)7-5-10/h1-7H,8-9,17H2. The zero-order valence-electron chi connectivity index (χ0n) is 9.29. The van der Waals surface area contributed by atoms with Crippen LogP contribution in [0.4, 0.5) is 8.78 Å². The molecule has 0 fully saturated rings. The van der Waals surface area contributed by atoms with E-state index in [1.807, 2.05) is 24.3 Å². The largest absolute Gasteiger partial charge is 0.326 e. The predicted octanol–water partition coefficient (Wildman–Crippen LogP) is 3.01. The van der Waals surface area contributed by atoms with Crippen molar-refractivity contribution in [2.45, 2.75) is 13.0 Å². The molecule has 0 radical (unpaired) electrons. The van der Waals surface area contributed by atoms with Gasteiger partial charge < -0.3 is 5.73 Å². The van der Waals surface area contributed by atoms with Crippen LogP contribution in [-0.4, -0.2) is 0 Å². The number of hydrogen-bond acceptors (Lipinski definition) is 1. The Morgan fingerprint density at radius 1 is 0.824 bits per heavy atom. The Hall–Kier alpha value is -1.74. The minimum Gasteiger partial charge on any atom is -0.326 e.